The number of rotatable bonds is 4. The second-order valence-electron chi connectivity index (χ2n) is 5.43. The maximum absolute atomic E-state index is 12.2. The third-order valence-electron chi connectivity index (χ3n) is 3.94. The number of urea groups is 1. The third-order valence-corrected chi connectivity index (χ3v) is 5.17. The number of nitrogens with zero attached hydrogens (tertiary/aromatic N) is 1. The molecule has 0 aromatic heterocycles. The first-order valence-corrected chi connectivity index (χ1v) is 8.15. The monoisotopic (exact) mass is 302 g/mol. The van der Waals surface area contributed by atoms with Crippen molar-refractivity contribution in [3.8, 4) is 0 Å². The largest absolute Gasteiger partial charge is 0.480 e. The summed E-state index contributed by atoms with van der Waals surface area (Å²) in [4.78, 5) is 24.5. The van der Waals surface area contributed by atoms with Gasteiger partial charge in [0.15, 0.2) is 0 Å². The van der Waals surface area contributed by atoms with E-state index in [1.165, 1.54) is 4.90 Å². The van der Waals surface area contributed by atoms with Crippen LogP contribution in [0, 0.1) is 0 Å². The second kappa shape index (κ2) is 6.67. The normalized spacial score (nSPS) is 33.4. The summed E-state index contributed by atoms with van der Waals surface area (Å²) in [5, 5.41) is 22.1. The van der Waals surface area contributed by atoms with Gasteiger partial charge in [0.05, 0.1) is 6.10 Å². The number of likely N-dealkylation sites (tertiary alicyclic amines) is 1. The van der Waals surface area contributed by atoms with Crippen LogP contribution in [-0.2, 0) is 4.79 Å². The molecule has 114 valence electrons. The molecule has 0 bridgehead atoms. The molecule has 3 N–H and O–H groups in total. The first-order valence-electron chi connectivity index (χ1n) is 7.10. The third kappa shape index (κ3) is 3.58. The van der Waals surface area contributed by atoms with Crippen molar-refractivity contribution in [2.24, 2.45) is 0 Å². The lowest BCUT2D eigenvalue weighted by atomic mass is 10.2. The molecule has 0 spiro atoms. The van der Waals surface area contributed by atoms with Crippen molar-refractivity contribution >= 4 is 23.8 Å². The van der Waals surface area contributed by atoms with Gasteiger partial charge in [-0.1, -0.05) is 6.92 Å². The highest BCUT2D eigenvalue weighted by Crippen LogP contribution is 2.30. The van der Waals surface area contributed by atoms with Crippen LogP contribution in [0.2, 0.25) is 0 Å². The minimum Gasteiger partial charge on any atom is -0.480 e. The number of aliphatic hydroxyl groups excluding tert-OH is 1. The van der Waals surface area contributed by atoms with Crippen LogP contribution < -0.4 is 5.32 Å². The lowest BCUT2D eigenvalue weighted by Gasteiger charge is -2.24. The molecule has 2 rings (SSSR count). The molecular formula is C13H22N2O4S. The van der Waals surface area contributed by atoms with Gasteiger partial charge in [0.2, 0.25) is 0 Å². The maximum atomic E-state index is 12.2. The Hall–Kier alpha value is -0.950. The number of carboxylic acids is 1. The van der Waals surface area contributed by atoms with Crippen molar-refractivity contribution in [1.29, 1.82) is 0 Å². The van der Waals surface area contributed by atoms with Gasteiger partial charge in [-0.15, -0.1) is 0 Å². The summed E-state index contributed by atoms with van der Waals surface area (Å²) in [6.07, 6.45) is 2.35. The van der Waals surface area contributed by atoms with E-state index in [9.17, 15) is 14.7 Å². The summed E-state index contributed by atoms with van der Waals surface area (Å²) >= 11 is 1.91. The van der Waals surface area contributed by atoms with Crippen LogP contribution in [0.25, 0.3) is 0 Å². The van der Waals surface area contributed by atoms with E-state index in [0.29, 0.717) is 5.25 Å². The zero-order valence-electron chi connectivity index (χ0n) is 11.6. The van der Waals surface area contributed by atoms with E-state index >= 15 is 0 Å². The smallest absolute Gasteiger partial charge is 0.326 e. The number of hydrogen-bond acceptors (Lipinski definition) is 4. The molecule has 2 fully saturated rings. The van der Waals surface area contributed by atoms with Crippen LogP contribution in [-0.4, -0.2) is 62.8 Å². The molecule has 2 unspecified atom stereocenters. The number of nitrogens with one attached hydrogen (secondary N) is 1. The van der Waals surface area contributed by atoms with Gasteiger partial charge >= 0.3 is 12.0 Å². The van der Waals surface area contributed by atoms with Crippen LogP contribution >= 0.6 is 11.8 Å². The summed E-state index contributed by atoms with van der Waals surface area (Å²) < 4.78 is 0. The average molecular weight is 302 g/mol. The van der Waals surface area contributed by atoms with Crippen molar-refractivity contribution < 1.29 is 19.8 Å². The van der Waals surface area contributed by atoms with Gasteiger partial charge in [-0.05, 0) is 25.0 Å². The van der Waals surface area contributed by atoms with E-state index in [1.54, 1.807) is 0 Å². The number of aliphatic hydroxyl groups is 1. The zero-order chi connectivity index (χ0) is 14.7. The number of amides is 2. The highest BCUT2D eigenvalue weighted by molar-refractivity contribution is 7.99. The van der Waals surface area contributed by atoms with E-state index in [-0.39, 0.29) is 25.0 Å². The molecule has 2 amide bonds. The number of hydrogen-bond donors (Lipinski definition) is 3. The average Bonchev–Trinajstić information content (AvgIpc) is 2.96. The molecule has 0 radical (unpaired) electrons. The first-order chi connectivity index (χ1) is 9.51. The van der Waals surface area contributed by atoms with Gasteiger partial charge in [0.1, 0.15) is 6.04 Å². The minimum absolute atomic E-state index is 0.0999. The summed E-state index contributed by atoms with van der Waals surface area (Å²) in [5.41, 5.74) is 0. The van der Waals surface area contributed by atoms with Crippen molar-refractivity contribution in [2.45, 2.75) is 56.0 Å². The number of aliphatic carboxylic acids is 1. The Bertz CT molecular complexity index is 379. The van der Waals surface area contributed by atoms with Crippen molar-refractivity contribution in [1.82, 2.24) is 10.2 Å². The fraction of sp³-hybridized carbons (Fsp3) is 0.846. The molecule has 0 aromatic carbocycles. The van der Waals surface area contributed by atoms with Crippen molar-refractivity contribution in [2.75, 3.05) is 12.3 Å². The fourth-order valence-electron chi connectivity index (χ4n) is 2.99. The molecule has 0 aromatic rings. The molecule has 1 saturated carbocycles. The molecule has 2 aliphatic rings. The predicted molar refractivity (Wildman–Crippen MR) is 76.8 cm³/mol. The zero-order valence-corrected chi connectivity index (χ0v) is 12.4. The fourth-order valence-corrected chi connectivity index (χ4v) is 4.13. The molecule has 6 nitrogen and oxygen atoms in total. The summed E-state index contributed by atoms with van der Waals surface area (Å²) in [5.74, 6) is 0.0209. The molecule has 1 saturated heterocycles. The molecular weight excluding hydrogens is 280 g/mol. The van der Waals surface area contributed by atoms with Gasteiger partial charge in [-0.25, -0.2) is 9.59 Å². The van der Waals surface area contributed by atoms with Gasteiger partial charge in [0, 0.05) is 24.3 Å². The number of carbonyl (C=O) groups excluding carboxylic acids is 1. The standard InChI is InChI=1S/C13H22N2O4S/c1-2-20-10-4-3-8(5-10)14-13(19)15-7-9(16)6-11(15)12(17)18/h8-11,16H,2-7H2,1H3,(H,14,19)(H,17,18)/t8?,9-,10?,11+/m1/s1. The molecule has 7 heteroatoms. The Labute approximate surface area is 122 Å². The number of thioether (sulfide) groups is 1. The Balaban J connectivity index is 1.87. The summed E-state index contributed by atoms with van der Waals surface area (Å²) in [6.45, 7) is 2.22. The van der Waals surface area contributed by atoms with E-state index < -0.39 is 18.1 Å². The minimum atomic E-state index is -1.05. The first kappa shape index (κ1) is 15.4. The van der Waals surface area contributed by atoms with Gasteiger partial charge in [-0.3, -0.25) is 0 Å². The summed E-state index contributed by atoms with van der Waals surface area (Å²) in [7, 11) is 0. The van der Waals surface area contributed by atoms with Crippen LogP contribution in [0.5, 0.6) is 0 Å². The highest BCUT2D eigenvalue weighted by Gasteiger charge is 2.40. The van der Waals surface area contributed by atoms with Gasteiger partial charge < -0.3 is 20.4 Å². The maximum Gasteiger partial charge on any atom is 0.326 e. The lowest BCUT2D eigenvalue weighted by molar-refractivity contribution is -0.141. The number of β-amino-alcohol motifs (C(OH)–C–C–N with tert-alkyl or cyclic N) is 1. The van der Waals surface area contributed by atoms with E-state index in [1.807, 2.05) is 11.8 Å². The highest BCUT2D eigenvalue weighted by atomic mass is 32.2. The molecule has 20 heavy (non-hydrogen) atoms. The molecule has 1 heterocycles. The van der Waals surface area contributed by atoms with Crippen molar-refractivity contribution in [3.63, 3.8) is 0 Å². The van der Waals surface area contributed by atoms with E-state index in [4.69, 9.17) is 5.11 Å². The second-order valence-corrected chi connectivity index (χ2v) is 7.01. The van der Waals surface area contributed by atoms with Crippen LogP contribution in [0.3, 0.4) is 0 Å². The van der Waals surface area contributed by atoms with Crippen molar-refractivity contribution in [3.05, 3.63) is 0 Å². The quantitative estimate of drug-likeness (QED) is 0.717. The number of carbonyl (C=O) groups is 2. The Morgan fingerprint density at radius 2 is 2.10 bits per heavy atom. The number of carboxylic acid groups (broad SMARTS) is 1. The SMILES string of the molecule is CCSC1CCC(NC(=O)N2C[C@H](O)C[C@H]2C(=O)O)C1. The topological polar surface area (TPSA) is 89.9 Å². The van der Waals surface area contributed by atoms with Gasteiger partial charge in [-0.2, -0.15) is 11.8 Å². The Morgan fingerprint density at radius 3 is 2.75 bits per heavy atom. The Morgan fingerprint density at radius 1 is 1.35 bits per heavy atom. The summed E-state index contributed by atoms with van der Waals surface area (Å²) in [6, 6.07) is -1.15. The molecule has 1 aliphatic carbocycles. The van der Waals surface area contributed by atoms with Gasteiger partial charge in [0.25, 0.3) is 0 Å². The molecule has 1 aliphatic heterocycles. The van der Waals surface area contributed by atoms with Crippen LogP contribution in [0.15, 0.2) is 0 Å². The predicted octanol–water partition coefficient (Wildman–Crippen LogP) is 0.890. The molecule has 4 atom stereocenters. The van der Waals surface area contributed by atoms with Crippen LogP contribution in [0.4, 0.5) is 4.79 Å². The Kier molecular flexibility index (Phi) is 5.15. The van der Waals surface area contributed by atoms with E-state index in [0.717, 1.165) is 25.0 Å². The van der Waals surface area contributed by atoms with Crippen LogP contribution in [0.1, 0.15) is 32.6 Å². The van der Waals surface area contributed by atoms with E-state index in [2.05, 4.69) is 12.2 Å². The lowest BCUT2D eigenvalue weighted by Crippen LogP contribution is -2.48.